The van der Waals surface area contributed by atoms with Gasteiger partial charge < -0.3 is 4.42 Å². The van der Waals surface area contributed by atoms with Crippen molar-refractivity contribution < 1.29 is 4.42 Å². The van der Waals surface area contributed by atoms with Crippen molar-refractivity contribution in [1.29, 1.82) is 0 Å². The highest BCUT2D eigenvalue weighted by atomic mass is 32.1. The summed E-state index contributed by atoms with van der Waals surface area (Å²) in [5, 5.41) is 9.97. The molecule has 0 bridgehead atoms. The summed E-state index contributed by atoms with van der Waals surface area (Å²) in [6.07, 6.45) is 0. The van der Waals surface area contributed by atoms with Crippen LogP contribution in [0, 0.1) is 0 Å². The fourth-order valence-corrected chi connectivity index (χ4v) is 8.57. The van der Waals surface area contributed by atoms with Crippen LogP contribution in [0.15, 0.2) is 162 Å². The largest absolute Gasteiger partial charge is 0.455 e. The topological polar surface area (TPSA) is 13.1 Å². The smallest absolute Gasteiger partial charge is 0.153 e. The van der Waals surface area contributed by atoms with Gasteiger partial charge in [0.1, 0.15) is 5.58 Å². The van der Waals surface area contributed by atoms with Gasteiger partial charge in [-0.3, -0.25) is 0 Å². The van der Waals surface area contributed by atoms with Gasteiger partial charge in [0.15, 0.2) is 5.58 Å². The minimum Gasteiger partial charge on any atom is -0.455 e. The maximum atomic E-state index is 6.50. The van der Waals surface area contributed by atoms with Crippen LogP contribution in [0.5, 0.6) is 0 Å². The predicted molar refractivity (Wildman–Crippen MR) is 198 cm³/mol. The Morgan fingerprint density at radius 3 is 1.54 bits per heavy atom. The van der Waals surface area contributed by atoms with Crippen LogP contribution in [0.4, 0.5) is 0 Å². The second-order valence-electron chi connectivity index (χ2n) is 12.0. The summed E-state index contributed by atoms with van der Waals surface area (Å²) < 4.78 is 9.01. The van der Waals surface area contributed by atoms with Crippen molar-refractivity contribution in [3.05, 3.63) is 158 Å². The molecule has 0 spiro atoms. The quantitative estimate of drug-likeness (QED) is 0.183. The number of benzene rings is 8. The maximum Gasteiger partial charge on any atom is 0.153 e. The Morgan fingerprint density at radius 2 is 0.870 bits per heavy atom. The Balaban J connectivity index is 1.12. The summed E-state index contributed by atoms with van der Waals surface area (Å²) in [5.74, 6) is 0. The molecule has 0 atom stereocenters. The highest BCUT2D eigenvalue weighted by Gasteiger charge is 2.17. The first-order chi connectivity index (χ1) is 22.8. The third-order valence-corrected chi connectivity index (χ3v) is 10.7. The first kappa shape index (κ1) is 25.6. The first-order valence-corrected chi connectivity index (χ1v) is 16.5. The minimum atomic E-state index is 0.928. The SMILES string of the molecule is c1ccc(-c2c3ccccc3c(-c3ccc(-c4ccc5oc6c(ccc7c8ccccc8sc76)c5c4)cc3)c3ccccc23)cc1. The van der Waals surface area contributed by atoms with Crippen molar-refractivity contribution >= 4 is 75.0 Å². The standard InChI is InChI=1S/C44H26OS/c1-2-10-28(11-3-1)41-32-13-4-6-15-34(32)42(35-16-7-5-14-33(35)41)29-20-18-27(19-21-29)30-22-25-39-38(26-30)36-23-24-37-31-12-8-9-17-40(31)46-44(37)43(36)45-39/h1-26H. The molecule has 8 aromatic carbocycles. The molecule has 1 nitrogen and oxygen atoms in total. The molecule has 10 aromatic rings. The number of hydrogen-bond acceptors (Lipinski definition) is 2. The Kier molecular flexibility index (Phi) is 5.51. The lowest BCUT2D eigenvalue weighted by Gasteiger charge is -2.18. The van der Waals surface area contributed by atoms with Gasteiger partial charge >= 0.3 is 0 Å². The Bertz CT molecular complexity index is 2730. The molecule has 0 radical (unpaired) electrons. The molecular weight excluding hydrogens is 577 g/mol. The van der Waals surface area contributed by atoms with E-state index >= 15 is 0 Å². The lowest BCUT2D eigenvalue weighted by Crippen LogP contribution is -1.90. The van der Waals surface area contributed by atoms with E-state index in [1.165, 1.54) is 80.5 Å². The predicted octanol–water partition coefficient (Wildman–Crippen LogP) is 13.3. The molecule has 2 aromatic heterocycles. The van der Waals surface area contributed by atoms with E-state index in [0.29, 0.717) is 0 Å². The zero-order valence-corrected chi connectivity index (χ0v) is 25.6. The van der Waals surface area contributed by atoms with Crippen molar-refractivity contribution in [1.82, 2.24) is 0 Å². The van der Waals surface area contributed by atoms with Crippen LogP contribution in [0.2, 0.25) is 0 Å². The molecule has 0 saturated carbocycles. The van der Waals surface area contributed by atoms with Crippen LogP contribution in [-0.4, -0.2) is 0 Å². The summed E-state index contributed by atoms with van der Waals surface area (Å²) in [6, 6.07) is 57.2. The van der Waals surface area contributed by atoms with E-state index in [2.05, 4.69) is 158 Å². The Hall–Kier alpha value is -5.70. The molecular formula is C44H26OS. The fourth-order valence-electron chi connectivity index (χ4n) is 7.38. The number of hydrogen-bond donors (Lipinski definition) is 0. The summed E-state index contributed by atoms with van der Waals surface area (Å²) >= 11 is 1.81. The highest BCUT2D eigenvalue weighted by molar-refractivity contribution is 7.26. The fraction of sp³-hybridized carbons (Fsp3) is 0. The summed E-state index contributed by atoms with van der Waals surface area (Å²) in [6.45, 7) is 0. The van der Waals surface area contributed by atoms with Crippen LogP contribution in [0.1, 0.15) is 0 Å². The van der Waals surface area contributed by atoms with Crippen LogP contribution >= 0.6 is 11.3 Å². The third-order valence-electron chi connectivity index (χ3n) is 9.48. The molecule has 0 fully saturated rings. The van der Waals surface area contributed by atoms with Gasteiger partial charge in [-0.1, -0.05) is 133 Å². The van der Waals surface area contributed by atoms with Crippen LogP contribution in [0.3, 0.4) is 0 Å². The molecule has 0 saturated heterocycles. The molecule has 2 heterocycles. The Morgan fingerprint density at radius 1 is 0.348 bits per heavy atom. The second kappa shape index (κ2) is 9.90. The van der Waals surface area contributed by atoms with Gasteiger partial charge in [-0.2, -0.15) is 0 Å². The average molecular weight is 603 g/mol. The van der Waals surface area contributed by atoms with E-state index in [9.17, 15) is 0 Å². The minimum absolute atomic E-state index is 0.928. The summed E-state index contributed by atoms with van der Waals surface area (Å²) in [7, 11) is 0. The van der Waals surface area contributed by atoms with Gasteiger partial charge in [0.2, 0.25) is 0 Å². The monoisotopic (exact) mass is 602 g/mol. The molecule has 214 valence electrons. The highest BCUT2D eigenvalue weighted by Crippen LogP contribution is 2.45. The van der Waals surface area contributed by atoms with Crippen LogP contribution in [0.25, 0.3) is 97.0 Å². The first-order valence-electron chi connectivity index (χ1n) is 15.7. The van der Waals surface area contributed by atoms with Gasteiger partial charge in [-0.05, 0) is 79.2 Å². The molecule has 0 aliphatic heterocycles. The number of thiophene rings is 1. The van der Waals surface area contributed by atoms with E-state index in [1.54, 1.807) is 0 Å². The van der Waals surface area contributed by atoms with Crippen LogP contribution < -0.4 is 0 Å². The van der Waals surface area contributed by atoms with Gasteiger partial charge in [0.05, 0.1) is 4.70 Å². The van der Waals surface area contributed by atoms with Gasteiger partial charge in [-0.15, -0.1) is 11.3 Å². The molecule has 0 unspecified atom stereocenters. The number of fused-ring (bicyclic) bond motifs is 9. The van der Waals surface area contributed by atoms with Gasteiger partial charge in [-0.25, -0.2) is 0 Å². The molecule has 10 rings (SSSR count). The zero-order valence-electron chi connectivity index (χ0n) is 24.8. The van der Waals surface area contributed by atoms with E-state index in [0.717, 1.165) is 16.6 Å². The summed E-state index contributed by atoms with van der Waals surface area (Å²) in [4.78, 5) is 0. The van der Waals surface area contributed by atoms with E-state index in [-0.39, 0.29) is 0 Å². The summed E-state index contributed by atoms with van der Waals surface area (Å²) in [5.41, 5.74) is 9.33. The Labute approximate surface area is 269 Å². The average Bonchev–Trinajstić information content (AvgIpc) is 3.69. The molecule has 0 aliphatic carbocycles. The lowest BCUT2D eigenvalue weighted by atomic mass is 9.86. The van der Waals surface area contributed by atoms with Crippen molar-refractivity contribution in [2.24, 2.45) is 0 Å². The number of furan rings is 1. The van der Waals surface area contributed by atoms with Crippen molar-refractivity contribution in [3.8, 4) is 33.4 Å². The normalized spacial score (nSPS) is 11.9. The zero-order chi connectivity index (χ0) is 30.2. The maximum absolute atomic E-state index is 6.50. The molecule has 0 aliphatic rings. The van der Waals surface area contributed by atoms with Gasteiger partial charge in [0.25, 0.3) is 0 Å². The molecule has 2 heteroatoms. The van der Waals surface area contributed by atoms with Gasteiger partial charge in [0, 0.05) is 26.2 Å². The van der Waals surface area contributed by atoms with Crippen molar-refractivity contribution in [3.63, 3.8) is 0 Å². The second-order valence-corrected chi connectivity index (χ2v) is 13.1. The van der Waals surface area contributed by atoms with E-state index in [1.807, 2.05) is 11.3 Å². The number of rotatable bonds is 3. The van der Waals surface area contributed by atoms with Crippen LogP contribution in [-0.2, 0) is 0 Å². The van der Waals surface area contributed by atoms with Crippen molar-refractivity contribution in [2.45, 2.75) is 0 Å². The lowest BCUT2D eigenvalue weighted by molar-refractivity contribution is 0.673. The van der Waals surface area contributed by atoms with E-state index < -0.39 is 0 Å². The molecule has 46 heavy (non-hydrogen) atoms. The third kappa shape index (κ3) is 3.74. The van der Waals surface area contributed by atoms with E-state index in [4.69, 9.17) is 4.42 Å². The molecule has 0 amide bonds. The van der Waals surface area contributed by atoms with Crippen molar-refractivity contribution in [2.75, 3.05) is 0 Å². The molecule has 0 N–H and O–H groups in total.